The molecule has 0 spiro atoms. The highest BCUT2D eigenvalue weighted by Gasteiger charge is 2.24. The maximum Gasteiger partial charge on any atom is 0.167 e. The number of nitrogens with zero attached hydrogens (tertiary/aromatic N) is 3. The average Bonchev–Trinajstić information content (AvgIpc) is 3.64. The number of furan rings is 1. The number of para-hydroxylation sites is 2. The number of benzene rings is 8. The van der Waals surface area contributed by atoms with Crippen LogP contribution in [0.5, 0.6) is 0 Å². The van der Waals surface area contributed by atoms with E-state index in [1.807, 2.05) is 18.2 Å². The second kappa shape index (κ2) is 14.4. The first-order valence-corrected chi connectivity index (χ1v) is 21.5. The average molecular weight is 768 g/mol. The monoisotopic (exact) mass is 769 g/mol. The summed E-state index contributed by atoms with van der Waals surface area (Å²) in [6.07, 6.45) is 0. The Morgan fingerprint density at radius 1 is 0.328 bits per heavy atom. The molecule has 0 bridgehead atoms. The summed E-state index contributed by atoms with van der Waals surface area (Å²) >= 11 is 0. The van der Waals surface area contributed by atoms with E-state index >= 15 is 0 Å². The van der Waals surface area contributed by atoms with E-state index in [2.05, 4.69) is 167 Å². The molecule has 4 nitrogen and oxygen atoms in total. The molecule has 0 unspecified atom stereocenters. The standard InChI is InChI=1S/C45H39B12N3O/c46-24-12-21-22(13-25(24)47)30-32(27(49)15-28(50)34(30)51)31-23(21)14-26(48)29(35(31)52)19-10-4-8-17-18-9-5-11-20(42(18)61-41(17)19)44-58-43(16-6-2-1-3-7-16)59-45(60-44)33-36(53)38(55)40(57)39(56)37(33)54/h1-15H,46-57H2. The third-order valence-electron chi connectivity index (χ3n) is 14.2. The zero-order valence-corrected chi connectivity index (χ0v) is 37.4. The van der Waals surface area contributed by atoms with Crippen LogP contribution in [-0.2, 0) is 0 Å². The molecule has 10 rings (SSSR count). The van der Waals surface area contributed by atoms with Gasteiger partial charge < -0.3 is 4.42 Å². The second-order valence-corrected chi connectivity index (χ2v) is 17.6. The minimum absolute atomic E-state index is 0.591. The number of fused-ring (bicyclic) bond motifs is 9. The van der Waals surface area contributed by atoms with Crippen LogP contribution in [0.4, 0.5) is 0 Å². The lowest BCUT2D eigenvalue weighted by molar-refractivity contribution is 0.670. The van der Waals surface area contributed by atoms with E-state index in [1.54, 1.807) is 0 Å². The van der Waals surface area contributed by atoms with Crippen LogP contribution >= 0.6 is 0 Å². The smallest absolute Gasteiger partial charge is 0.167 e. The lowest BCUT2D eigenvalue weighted by Gasteiger charge is -2.22. The summed E-state index contributed by atoms with van der Waals surface area (Å²) in [5.74, 6) is 1.90. The number of rotatable bonds is 4. The maximum atomic E-state index is 7.18. The zero-order chi connectivity index (χ0) is 42.8. The van der Waals surface area contributed by atoms with E-state index in [4.69, 9.17) is 19.4 Å². The molecule has 0 aliphatic rings. The van der Waals surface area contributed by atoms with Gasteiger partial charge in [-0.1, -0.05) is 134 Å². The Morgan fingerprint density at radius 3 is 1.51 bits per heavy atom. The van der Waals surface area contributed by atoms with Gasteiger partial charge in [0.25, 0.3) is 0 Å². The molecule has 0 saturated heterocycles. The highest BCUT2D eigenvalue weighted by atomic mass is 16.3. The third kappa shape index (κ3) is 5.88. The van der Waals surface area contributed by atoms with Gasteiger partial charge in [-0.2, -0.15) is 0 Å². The number of hydrogen-bond acceptors (Lipinski definition) is 4. The minimum Gasteiger partial charge on any atom is -0.455 e. The van der Waals surface area contributed by atoms with Crippen LogP contribution in [0.15, 0.2) is 95.4 Å². The first kappa shape index (κ1) is 39.3. The second-order valence-electron chi connectivity index (χ2n) is 17.6. The van der Waals surface area contributed by atoms with Gasteiger partial charge in [0.15, 0.2) is 17.5 Å². The molecule has 2 aromatic heterocycles. The van der Waals surface area contributed by atoms with Crippen molar-refractivity contribution in [3.63, 3.8) is 0 Å². The van der Waals surface area contributed by atoms with Crippen LogP contribution in [0.1, 0.15) is 0 Å². The van der Waals surface area contributed by atoms with Crippen molar-refractivity contribution < 1.29 is 4.42 Å². The lowest BCUT2D eigenvalue weighted by atomic mass is 9.60. The fourth-order valence-electron chi connectivity index (χ4n) is 10.3. The molecule has 61 heavy (non-hydrogen) atoms. The largest absolute Gasteiger partial charge is 0.455 e. The molecule has 0 fully saturated rings. The molecule has 0 N–H and O–H groups in total. The van der Waals surface area contributed by atoms with Crippen LogP contribution in [0, 0.1) is 0 Å². The minimum atomic E-state index is 0.591. The van der Waals surface area contributed by atoms with Gasteiger partial charge in [0, 0.05) is 27.5 Å². The van der Waals surface area contributed by atoms with Crippen LogP contribution < -0.4 is 65.6 Å². The van der Waals surface area contributed by atoms with Gasteiger partial charge >= 0.3 is 0 Å². The summed E-state index contributed by atoms with van der Waals surface area (Å²) in [6.45, 7) is 0. The summed E-state index contributed by atoms with van der Waals surface area (Å²) < 4.78 is 7.18. The first-order valence-electron chi connectivity index (χ1n) is 21.5. The van der Waals surface area contributed by atoms with Gasteiger partial charge in [0.05, 0.1) is 5.56 Å². The molecule has 16 heteroatoms. The number of hydrogen-bond donors (Lipinski definition) is 0. The molecule has 276 valence electrons. The Bertz CT molecular complexity index is 3550. The van der Waals surface area contributed by atoms with Crippen molar-refractivity contribution in [1.82, 2.24) is 15.0 Å². The van der Waals surface area contributed by atoms with E-state index in [0.29, 0.717) is 17.5 Å². The van der Waals surface area contributed by atoms with Gasteiger partial charge in [0.2, 0.25) is 0 Å². The summed E-state index contributed by atoms with van der Waals surface area (Å²) in [7, 11) is 26.8. The molecule has 0 aliphatic heterocycles. The Labute approximate surface area is 367 Å². The van der Waals surface area contributed by atoms with Crippen LogP contribution in [0.2, 0.25) is 0 Å². The van der Waals surface area contributed by atoms with Gasteiger partial charge in [0.1, 0.15) is 105 Å². The van der Waals surface area contributed by atoms with E-state index in [1.165, 1.54) is 103 Å². The van der Waals surface area contributed by atoms with Crippen molar-refractivity contribution in [2.45, 2.75) is 0 Å². The van der Waals surface area contributed by atoms with Gasteiger partial charge in [-0.25, -0.2) is 15.0 Å². The molecule has 8 aromatic carbocycles. The van der Waals surface area contributed by atoms with Gasteiger partial charge in [-0.3, -0.25) is 0 Å². The van der Waals surface area contributed by atoms with Crippen molar-refractivity contribution in [3.8, 4) is 45.3 Å². The summed E-state index contributed by atoms with van der Waals surface area (Å²) in [4.78, 5) is 15.7. The first-order chi connectivity index (χ1) is 29.2. The molecule has 0 saturated carbocycles. The Hall–Kier alpha value is -5.87. The van der Waals surface area contributed by atoms with E-state index in [-0.39, 0.29) is 0 Å². The van der Waals surface area contributed by atoms with Crippen molar-refractivity contribution >= 4 is 214 Å². The SMILES string of the molecule is Bc1cc2c(cc1B)c1c(B)c(B)cc(B)c1c1c(B)c(-c3cccc4c3oc3c(-c5nc(-c6ccccc6)nc(-c6c(B)c(B)c(B)c(B)c6B)n5)cccc34)c(B)cc21. The van der Waals surface area contributed by atoms with Crippen molar-refractivity contribution in [1.29, 1.82) is 0 Å². The quantitative estimate of drug-likeness (QED) is 0.132. The van der Waals surface area contributed by atoms with E-state index in [9.17, 15) is 0 Å². The fraction of sp³-hybridized carbons (Fsp3) is 0. The maximum absolute atomic E-state index is 7.18. The number of aromatic nitrogens is 3. The van der Waals surface area contributed by atoms with Crippen LogP contribution in [0.3, 0.4) is 0 Å². The Morgan fingerprint density at radius 2 is 0.852 bits per heavy atom. The molecule has 0 amide bonds. The molecule has 0 radical (unpaired) electrons. The fourth-order valence-corrected chi connectivity index (χ4v) is 10.3. The van der Waals surface area contributed by atoms with Crippen molar-refractivity contribution in [2.75, 3.05) is 0 Å². The summed E-state index contributed by atoms with van der Waals surface area (Å²) in [5.41, 5.74) is 22.1. The Kier molecular flexibility index (Phi) is 9.25. The van der Waals surface area contributed by atoms with E-state index < -0.39 is 0 Å². The zero-order valence-electron chi connectivity index (χ0n) is 37.4. The predicted molar refractivity (Wildman–Crippen MR) is 300 cm³/mol. The summed E-state index contributed by atoms with van der Waals surface area (Å²) in [6, 6.07) is 32.8. The highest BCUT2D eigenvalue weighted by molar-refractivity contribution is 6.69. The molecule has 0 aliphatic carbocycles. The van der Waals surface area contributed by atoms with Crippen LogP contribution in [-0.4, -0.2) is 109 Å². The molecular weight excluding hydrogens is 728 g/mol. The molecular formula is C45H39B12N3O. The third-order valence-corrected chi connectivity index (χ3v) is 14.2. The summed E-state index contributed by atoms with van der Waals surface area (Å²) in [5, 5.41) is 10.1. The van der Waals surface area contributed by atoms with Crippen molar-refractivity contribution in [3.05, 3.63) is 91.0 Å². The van der Waals surface area contributed by atoms with Gasteiger partial charge in [-0.05, 0) is 43.9 Å². The topological polar surface area (TPSA) is 51.8 Å². The van der Waals surface area contributed by atoms with E-state index in [0.717, 1.165) is 44.2 Å². The molecule has 2 heterocycles. The predicted octanol–water partition coefficient (Wildman–Crippen LogP) is -9.00. The van der Waals surface area contributed by atoms with Crippen LogP contribution in [0.25, 0.3) is 99.5 Å². The highest BCUT2D eigenvalue weighted by Crippen LogP contribution is 2.40. The lowest BCUT2D eigenvalue weighted by Crippen LogP contribution is -2.55. The molecule has 10 aromatic rings. The Balaban J connectivity index is 1.25. The van der Waals surface area contributed by atoms with Gasteiger partial charge in [-0.15, -0.1) is 16.4 Å². The molecule has 0 atom stereocenters. The van der Waals surface area contributed by atoms with Crippen molar-refractivity contribution in [2.24, 2.45) is 0 Å². The normalized spacial score (nSPS) is 11.7.